The summed E-state index contributed by atoms with van der Waals surface area (Å²) in [4.78, 5) is 17.4. The third kappa shape index (κ3) is 4.42. The van der Waals surface area contributed by atoms with Gasteiger partial charge < -0.3 is 14.5 Å². The van der Waals surface area contributed by atoms with Crippen LogP contribution in [0.2, 0.25) is 0 Å². The average molecular weight is 341 g/mol. The van der Waals surface area contributed by atoms with Crippen LogP contribution >= 0.6 is 0 Å². The van der Waals surface area contributed by atoms with Gasteiger partial charge in [-0.3, -0.25) is 0 Å². The maximum Gasteiger partial charge on any atom is 0.250 e. The monoisotopic (exact) mass is 341 g/mol. The Morgan fingerprint density at radius 2 is 1.92 bits per heavy atom. The van der Waals surface area contributed by atoms with Crippen LogP contribution in [0.4, 0.5) is 17.8 Å². The highest BCUT2D eigenvalue weighted by atomic mass is 16.5. The molecular weight excluding hydrogens is 318 g/mol. The number of nitrogens with zero attached hydrogens (tertiary/aromatic N) is 6. The van der Waals surface area contributed by atoms with Gasteiger partial charge in [-0.2, -0.15) is 20.1 Å². The molecule has 1 N–H and O–H groups in total. The first-order valence-electron chi connectivity index (χ1n) is 8.24. The second kappa shape index (κ2) is 7.89. The Hall–Kier alpha value is -2.74. The van der Waals surface area contributed by atoms with Crippen LogP contribution in [0, 0.1) is 6.92 Å². The molecule has 0 bridgehead atoms. The first kappa shape index (κ1) is 17.1. The third-order valence-electron chi connectivity index (χ3n) is 3.86. The predicted molar refractivity (Wildman–Crippen MR) is 99.6 cm³/mol. The molecule has 1 aromatic carbocycles. The predicted octanol–water partition coefficient (Wildman–Crippen LogP) is 1.53. The normalized spacial score (nSPS) is 14.8. The van der Waals surface area contributed by atoms with E-state index in [4.69, 9.17) is 4.74 Å². The van der Waals surface area contributed by atoms with Crippen LogP contribution in [0.5, 0.6) is 0 Å². The van der Waals surface area contributed by atoms with E-state index in [9.17, 15) is 0 Å². The van der Waals surface area contributed by atoms with Crippen molar-refractivity contribution < 1.29 is 4.74 Å². The number of morpholine rings is 1. The van der Waals surface area contributed by atoms with Gasteiger partial charge in [0.1, 0.15) is 0 Å². The molecule has 8 nitrogen and oxygen atoms in total. The van der Waals surface area contributed by atoms with Gasteiger partial charge in [-0.25, -0.2) is 5.43 Å². The van der Waals surface area contributed by atoms with Crippen molar-refractivity contribution in [2.45, 2.75) is 6.92 Å². The van der Waals surface area contributed by atoms with Gasteiger partial charge in [-0.15, -0.1) is 0 Å². The van der Waals surface area contributed by atoms with Crippen LogP contribution in [-0.4, -0.2) is 61.6 Å². The molecule has 0 spiro atoms. The molecule has 8 heteroatoms. The molecule has 0 amide bonds. The number of aryl methyl sites for hydroxylation is 1. The Morgan fingerprint density at radius 3 is 2.64 bits per heavy atom. The van der Waals surface area contributed by atoms with E-state index in [0.717, 1.165) is 24.2 Å². The van der Waals surface area contributed by atoms with Crippen molar-refractivity contribution in [2.75, 3.05) is 55.6 Å². The molecular formula is C17H23N7O. The number of ether oxygens (including phenoxy) is 1. The maximum atomic E-state index is 5.39. The minimum Gasteiger partial charge on any atom is -0.378 e. The molecule has 0 atom stereocenters. The number of hydrogen-bond donors (Lipinski definition) is 1. The van der Waals surface area contributed by atoms with Crippen molar-refractivity contribution in [3.05, 3.63) is 35.4 Å². The summed E-state index contributed by atoms with van der Waals surface area (Å²) in [5.74, 6) is 1.64. The number of hydrogen-bond acceptors (Lipinski definition) is 8. The van der Waals surface area contributed by atoms with Gasteiger partial charge >= 0.3 is 0 Å². The highest BCUT2D eigenvalue weighted by molar-refractivity contribution is 5.81. The summed E-state index contributed by atoms with van der Waals surface area (Å²) in [6.07, 6.45) is 1.77. The van der Waals surface area contributed by atoms with Gasteiger partial charge in [0.05, 0.1) is 19.4 Å². The Balaban J connectivity index is 1.80. The third-order valence-corrected chi connectivity index (χ3v) is 3.86. The lowest BCUT2D eigenvalue weighted by atomic mass is 10.1. The molecule has 1 saturated heterocycles. The lowest BCUT2D eigenvalue weighted by Crippen LogP contribution is -2.37. The first-order valence-corrected chi connectivity index (χ1v) is 8.24. The smallest absolute Gasteiger partial charge is 0.250 e. The number of aromatic nitrogens is 3. The van der Waals surface area contributed by atoms with Crippen molar-refractivity contribution >= 4 is 24.1 Å². The maximum absolute atomic E-state index is 5.39. The molecule has 132 valence electrons. The Kier molecular flexibility index (Phi) is 5.39. The van der Waals surface area contributed by atoms with Gasteiger partial charge in [-0.1, -0.05) is 24.3 Å². The zero-order valence-corrected chi connectivity index (χ0v) is 14.8. The quantitative estimate of drug-likeness (QED) is 0.652. The van der Waals surface area contributed by atoms with Crippen LogP contribution in [0.25, 0.3) is 0 Å². The summed E-state index contributed by atoms with van der Waals surface area (Å²) in [6.45, 7) is 4.94. The van der Waals surface area contributed by atoms with Crippen molar-refractivity contribution in [1.29, 1.82) is 0 Å². The van der Waals surface area contributed by atoms with E-state index >= 15 is 0 Å². The first-order chi connectivity index (χ1) is 12.1. The number of hydrazone groups is 1. The zero-order chi connectivity index (χ0) is 17.6. The molecule has 1 fully saturated rings. The van der Waals surface area contributed by atoms with E-state index < -0.39 is 0 Å². The second-order valence-electron chi connectivity index (χ2n) is 5.98. The fourth-order valence-electron chi connectivity index (χ4n) is 2.40. The molecule has 3 rings (SSSR count). The SMILES string of the molecule is Cc1ccccc1/C=N\Nc1nc(N(C)C)nc(N2CCOCC2)n1. The van der Waals surface area contributed by atoms with E-state index in [1.165, 1.54) is 0 Å². The van der Waals surface area contributed by atoms with E-state index in [0.29, 0.717) is 31.1 Å². The Bertz CT molecular complexity index is 742. The standard InChI is InChI=1S/C17H23N7O/c1-13-6-4-5-7-14(13)12-18-22-15-19-16(23(2)3)21-17(20-15)24-8-10-25-11-9-24/h4-7,12H,8-11H2,1-3H3,(H,19,20,21,22)/b18-12-. The molecule has 2 heterocycles. The lowest BCUT2D eigenvalue weighted by molar-refractivity contribution is 0.122. The van der Waals surface area contributed by atoms with Crippen molar-refractivity contribution in [2.24, 2.45) is 5.10 Å². The van der Waals surface area contributed by atoms with Crippen LogP contribution in [0.15, 0.2) is 29.4 Å². The molecule has 0 aliphatic carbocycles. The summed E-state index contributed by atoms with van der Waals surface area (Å²) in [7, 11) is 3.80. The highest BCUT2D eigenvalue weighted by Crippen LogP contribution is 2.16. The van der Waals surface area contributed by atoms with Gasteiger partial charge in [0.25, 0.3) is 0 Å². The van der Waals surface area contributed by atoms with Crippen molar-refractivity contribution in [3.8, 4) is 0 Å². The summed E-state index contributed by atoms with van der Waals surface area (Å²) in [5, 5.41) is 4.27. The van der Waals surface area contributed by atoms with Crippen molar-refractivity contribution in [1.82, 2.24) is 15.0 Å². The summed E-state index contributed by atoms with van der Waals surface area (Å²) in [5.41, 5.74) is 5.12. The lowest BCUT2D eigenvalue weighted by Gasteiger charge is -2.27. The Labute approximate surface area is 147 Å². The molecule has 1 aliphatic rings. The molecule has 0 unspecified atom stereocenters. The zero-order valence-electron chi connectivity index (χ0n) is 14.8. The molecule has 0 radical (unpaired) electrons. The average Bonchev–Trinajstić information content (AvgIpc) is 2.64. The van der Waals surface area contributed by atoms with Crippen LogP contribution < -0.4 is 15.2 Å². The highest BCUT2D eigenvalue weighted by Gasteiger charge is 2.17. The summed E-state index contributed by atoms with van der Waals surface area (Å²) >= 11 is 0. The van der Waals surface area contributed by atoms with Crippen LogP contribution in [0.3, 0.4) is 0 Å². The topological polar surface area (TPSA) is 78.8 Å². The van der Waals surface area contributed by atoms with Crippen LogP contribution in [-0.2, 0) is 4.74 Å². The number of benzene rings is 1. The minimum atomic E-state index is 0.421. The van der Waals surface area contributed by atoms with E-state index in [1.54, 1.807) is 6.21 Å². The van der Waals surface area contributed by atoms with E-state index in [1.807, 2.05) is 50.2 Å². The van der Waals surface area contributed by atoms with E-state index in [2.05, 4.69) is 30.4 Å². The second-order valence-corrected chi connectivity index (χ2v) is 5.98. The number of rotatable bonds is 5. The van der Waals surface area contributed by atoms with Gasteiger partial charge in [0.15, 0.2) is 0 Å². The van der Waals surface area contributed by atoms with E-state index in [-0.39, 0.29) is 0 Å². The minimum absolute atomic E-state index is 0.421. The fraction of sp³-hybridized carbons (Fsp3) is 0.412. The fourth-order valence-corrected chi connectivity index (χ4v) is 2.40. The summed E-state index contributed by atoms with van der Waals surface area (Å²) < 4.78 is 5.39. The van der Waals surface area contributed by atoms with Crippen LogP contribution in [0.1, 0.15) is 11.1 Å². The number of nitrogens with one attached hydrogen (secondary N) is 1. The molecule has 1 aliphatic heterocycles. The number of anilines is 3. The van der Waals surface area contributed by atoms with Gasteiger partial charge in [0.2, 0.25) is 17.8 Å². The molecule has 1 aromatic heterocycles. The molecule has 0 saturated carbocycles. The molecule has 25 heavy (non-hydrogen) atoms. The van der Waals surface area contributed by atoms with Crippen molar-refractivity contribution in [3.63, 3.8) is 0 Å². The largest absolute Gasteiger partial charge is 0.378 e. The molecule has 2 aromatic rings. The summed E-state index contributed by atoms with van der Waals surface area (Å²) in [6, 6.07) is 8.05. The van der Waals surface area contributed by atoms with Gasteiger partial charge in [-0.05, 0) is 18.1 Å². The Morgan fingerprint density at radius 1 is 1.16 bits per heavy atom. The van der Waals surface area contributed by atoms with Gasteiger partial charge in [0, 0.05) is 27.2 Å².